The number of hydrogen-bond acceptors (Lipinski definition) is 2. The number of aromatic carboxylic acids is 1. The van der Waals surface area contributed by atoms with Crippen molar-refractivity contribution in [2.75, 3.05) is 6.54 Å². The van der Waals surface area contributed by atoms with E-state index in [1.54, 1.807) is 18.2 Å². The Hall–Kier alpha value is -2.04. The molecule has 1 aliphatic carbocycles. The first kappa shape index (κ1) is 15.4. The van der Waals surface area contributed by atoms with Crippen LogP contribution in [0.2, 0.25) is 0 Å². The maximum Gasteiger partial charge on any atom is 0.335 e. The Bertz CT molecular complexity index is 516. The van der Waals surface area contributed by atoms with Crippen LogP contribution in [-0.2, 0) is 6.42 Å². The second-order valence-corrected chi connectivity index (χ2v) is 5.55. The number of benzene rings is 1. The van der Waals surface area contributed by atoms with Crippen LogP contribution in [0.5, 0.6) is 0 Å². The minimum atomic E-state index is -0.932. The molecular formula is C16H22N2O3. The van der Waals surface area contributed by atoms with E-state index in [2.05, 4.69) is 17.6 Å². The summed E-state index contributed by atoms with van der Waals surface area (Å²) in [6.07, 6.45) is 4.04. The van der Waals surface area contributed by atoms with Gasteiger partial charge in [0, 0.05) is 12.6 Å². The first-order chi connectivity index (χ1) is 10.1. The first-order valence-corrected chi connectivity index (χ1v) is 7.46. The van der Waals surface area contributed by atoms with Gasteiger partial charge in [-0.25, -0.2) is 9.59 Å². The summed E-state index contributed by atoms with van der Waals surface area (Å²) in [5.41, 5.74) is 1.18. The van der Waals surface area contributed by atoms with Crippen LogP contribution >= 0.6 is 0 Å². The van der Waals surface area contributed by atoms with E-state index < -0.39 is 5.97 Å². The summed E-state index contributed by atoms with van der Waals surface area (Å²) >= 11 is 0. The van der Waals surface area contributed by atoms with Crippen LogP contribution in [0.4, 0.5) is 4.79 Å². The van der Waals surface area contributed by atoms with Crippen molar-refractivity contribution in [2.24, 2.45) is 5.92 Å². The average Bonchev–Trinajstić information content (AvgIpc) is 3.17. The number of amides is 2. The van der Waals surface area contributed by atoms with Crippen molar-refractivity contribution >= 4 is 12.0 Å². The van der Waals surface area contributed by atoms with E-state index >= 15 is 0 Å². The zero-order valence-corrected chi connectivity index (χ0v) is 12.3. The van der Waals surface area contributed by atoms with Gasteiger partial charge < -0.3 is 15.7 Å². The third-order valence-corrected chi connectivity index (χ3v) is 3.77. The third kappa shape index (κ3) is 4.77. The van der Waals surface area contributed by atoms with Crippen LogP contribution in [0.15, 0.2) is 24.3 Å². The van der Waals surface area contributed by atoms with E-state index in [0.29, 0.717) is 24.9 Å². The molecule has 1 aliphatic rings. The van der Waals surface area contributed by atoms with Gasteiger partial charge in [-0.2, -0.15) is 0 Å². The molecule has 0 heterocycles. The quantitative estimate of drug-likeness (QED) is 0.721. The molecule has 1 aromatic rings. The van der Waals surface area contributed by atoms with Gasteiger partial charge in [-0.15, -0.1) is 0 Å². The molecule has 0 saturated heterocycles. The lowest BCUT2D eigenvalue weighted by atomic mass is 10.1. The average molecular weight is 290 g/mol. The second-order valence-electron chi connectivity index (χ2n) is 5.55. The van der Waals surface area contributed by atoms with Crippen molar-refractivity contribution in [1.29, 1.82) is 0 Å². The lowest BCUT2D eigenvalue weighted by Gasteiger charge is -2.08. The van der Waals surface area contributed by atoms with E-state index in [1.165, 1.54) is 6.42 Å². The van der Waals surface area contributed by atoms with Gasteiger partial charge in [0.2, 0.25) is 0 Å². The van der Waals surface area contributed by atoms with E-state index in [0.717, 1.165) is 18.4 Å². The number of hydrogen-bond donors (Lipinski definition) is 3. The Kier molecular flexibility index (Phi) is 5.20. The summed E-state index contributed by atoms with van der Waals surface area (Å²) < 4.78 is 0. The molecule has 0 aliphatic heterocycles. The largest absolute Gasteiger partial charge is 0.478 e. The molecule has 2 amide bonds. The zero-order chi connectivity index (χ0) is 15.2. The molecule has 0 radical (unpaired) electrons. The minimum absolute atomic E-state index is 0.131. The standard InChI is InChI=1S/C16H22N2O3/c1-2-4-12-10-14(12)18-16(21)17-8-7-11-5-3-6-13(9-11)15(19)20/h3,5-6,9,12,14H,2,4,7-8,10H2,1H3,(H,19,20)(H2,17,18,21). The maximum atomic E-state index is 11.7. The van der Waals surface area contributed by atoms with E-state index in [1.807, 2.05) is 6.07 Å². The van der Waals surface area contributed by atoms with Crippen LogP contribution in [0.3, 0.4) is 0 Å². The molecule has 2 atom stereocenters. The molecule has 3 N–H and O–H groups in total. The Labute approximate surface area is 124 Å². The molecule has 0 bridgehead atoms. The highest BCUT2D eigenvalue weighted by Crippen LogP contribution is 2.34. The Balaban J connectivity index is 1.68. The van der Waals surface area contributed by atoms with Crippen LogP contribution < -0.4 is 10.6 Å². The van der Waals surface area contributed by atoms with Crippen molar-refractivity contribution in [2.45, 2.75) is 38.6 Å². The molecule has 5 heteroatoms. The first-order valence-electron chi connectivity index (χ1n) is 7.46. The van der Waals surface area contributed by atoms with Gasteiger partial charge in [0.1, 0.15) is 0 Å². The number of rotatable bonds is 7. The number of carboxylic acid groups (broad SMARTS) is 1. The van der Waals surface area contributed by atoms with Crippen molar-refractivity contribution in [3.8, 4) is 0 Å². The molecule has 2 unspecified atom stereocenters. The summed E-state index contributed by atoms with van der Waals surface area (Å²) in [6.45, 7) is 2.65. The van der Waals surface area contributed by atoms with Crippen molar-refractivity contribution < 1.29 is 14.7 Å². The topological polar surface area (TPSA) is 78.4 Å². The fourth-order valence-corrected chi connectivity index (χ4v) is 2.51. The molecule has 2 rings (SSSR count). The Morgan fingerprint density at radius 3 is 2.90 bits per heavy atom. The van der Waals surface area contributed by atoms with Crippen LogP contribution in [0.1, 0.15) is 42.1 Å². The van der Waals surface area contributed by atoms with Gasteiger partial charge in [0.05, 0.1) is 5.56 Å². The number of urea groups is 1. The molecule has 21 heavy (non-hydrogen) atoms. The predicted octanol–water partition coefficient (Wildman–Crippen LogP) is 2.42. The smallest absolute Gasteiger partial charge is 0.335 e. The summed E-state index contributed by atoms with van der Waals surface area (Å²) in [7, 11) is 0. The van der Waals surface area contributed by atoms with E-state index in [-0.39, 0.29) is 11.6 Å². The minimum Gasteiger partial charge on any atom is -0.478 e. The summed E-state index contributed by atoms with van der Waals surface area (Å²) in [5.74, 6) is -0.286. The Morgan fingerprint density at radius 2 is 2.19 bits per heavy atom. The second kappa shape index (κ2) is 7.11. The van der Waals surface area contributed by atoms with Crippen molar-refractivity contribution in [3.63, 3.8) is 0 Å². The molecule has 114 valence electrons. The highest BCUT2D eigenvalue weighted by molar-refractivity contribution is 5.87. The third-order valence-electron chi connectivity index (χ3n) is 3.77. The normalized spacial score (nSPS) is 19.9. The van der Waals surface area contributed by atoms with Gasteiger partial charge in [-0.1, -0.05) is 25.5 Å². The molecule has 1 fully saturated rings. The maximum absolute atomic E-state index is 11.7. The van der Waals surface area contributed by atoms with Gasteiger partial charge in [0.25, 0.3) is 0 Å². The fourth-order valence-electron chi connectivity index (χ4n) is 2.51. The SMILES string of the molecule is CCCC1CC1NC(=O)NCCc1cccc(C(=O)O)c1. The van der Waals surface area contributed by atoms with Crippen molar-refractivity contribution in [1.82, 2.24) is 10.6 Å². The van der Waals surface area contributed by atoms with Crippen LogP contribution in [0.25, 0.3) is 0 Å². The fraction of sp³-hybridized carbons (Fsp3) is 0.500. The molecule has 0 aromatic heterocycles. The summed E-state index contributed by atoms with van der Waals surface area (Å²) in [4.78, 5) is 22.6. The number of carboxylic acids is 1. The van der Waals surface area contributed by atoms with Crippen LogP contribution in [-0.4, -0.2) is 29.7 Å². The van der Waals surface area contributed by atoms with E-state index in [9.17, 15) is 9.59 Å². The summed E-state index contributed by atoms with van der Waals surface area (Å²) in [6, 6.07) is 6.99. The molecule has 1 saturated carbocycles. The Morgan fingerprint density at radius 1 is 1.38 bits per heavy atom. The zero-order valence-electron chi connectivity index (χ0n) is 12.3. The van der Waals surface area contributed by atoms with E-state index in [4.69, 9.17) is 5.11 Å². The van der Waals surface area contributed by atoms with Gasteiger partial charge in [-0.05, 0) is 42.9 Å². The lowest BCUT2D eigenvalue weighted by molar-refractivity contribution is 0.0696. The molecule has 0 spiro atoms. The number of carbonyl (C=O) groups excluding carboxylic acids is 1. The molecular weight excluding hydrogens is 268 g/mol. The lowest BCUT2D eigenvalue weighted by Crippen LogP contribution is -2.38. The number of nitrogens with one attached hydrogen (secondary N) is 2. The van der Waals surface area contributed by atoms with Gasteiger partial charge in [0.15, 0.2) is 0 Å². The van der Waals surface area contributed by atoms with Crippen LogP contribution in [0, 0.1) is 5.92 Å². The van der Waals surface area contributed by atoms with Gasteiger partial charge in [-0.3, -0.25) is 0 Å². The summed E-state index contributed by atoms with van der Waals surface area (Å²) in [5, 5.41) is 14.7. The molecule has 1 aromatic carbocycles. The van der Waals surface area contributed by atoms with Gasteiger partial charge >= 0.3 is 12.0 Å². The molecule has 5 nitrogen and oxygen atoms in total. The highest BCUT2D eigenvalue weighted by Gasteiger charge is 2.36. The van der Waals surface area contributed by atoms with Crippen molar-refractivity contribution in [3.05, 3.63) is 35.4 Å². The predicted molar refractivity (Wildman–Crippen MR) is 80.4 cm³/mol. The monoisotopic (exact) mass is 290 g/mol. The number of carbonyl (C=O) groups is 2. The highest BCUT2D eigenvalue weighted by atomic mass is 16.4.